The highest BCUT2D eigenvalue weighted by atomic mass is 19.4. The maximum absolute atomic E-state index is 14.6. The minimum absolute atomic E-state index is 0.227. The Morgan fingerprint density at radius 2 is 1.93 bits per heavy atom. The number of pyridine rings is 1. The summed E-state index contributed by atoms with van der Waals surface area (Å²) in [4.78, 5) is 29.1. The van der Waals surface area contributed by atoms with E-state index < -0.39 is 60.8 Å². The predicted molar refractivity (Wildman–Crippen MR) is 93.8 cm³/mol. The quantitative estimate of drug-likeness (QED) is 0.745. The average molecular weight is 423 g/mol. The normalized spacial score (nSPS) is 22.5. The number of aromatic nitrogens is 1. The molecule has 1 N–H and O–H groups in total. The van der Waals surface area contributed by atoms with Gasteiger partial charge in [-0.05, 0) is 39.3 Å². The zero-order chi connectivity index (χ0) is 22.2. The Balaban J connectivity index is 2.28. The molecule has 162 valence electrons. The van der Waals surface area contributed by atoms with E-state index in [4.69, 9.17) is 4.74 Å². The molecule has 2 heterocycles. The third-order valence-corrected chi connectivity index (χ3v) is 4.19. The molecule has 6 nitrogen and oxygen atoms in total. The first kappa shape index (κ1) is 22.8. The van der Waals surface area contributed by atoms with Crippen molar-refractivity contribution in [2.24, 2.45) is 0 Å². The summed E-state index contributed by atoms with van der Waals surface area (Å²) < 4.78 is 71.5. The molecule has 1 aliphatic heterocycles. The Kier molecular flexibility index (Phi) is 6.10. The van der Waals surface area contributed by atoms with Crippen molar-refractivity contribution < 1.29 is 36.3 Å². The number of nitrogens with zero attached hydrogens (tertiary/aromatic N) is 2. The van der Waals surface area contributed by atoms with E-state index in [1.807, 2.05) is 0 Å². The van der Waals surface area contributed by atoms with Crippen LogP contribution in [0.2, 0.25) is 0 Å². The van der Waals surface area contributed by atoms with Gasteiger partial charge in [-0.2, -0.15) is 13.2 Å². The molecule has 1 saturated heterocycles. The number of likely N-dealkylation sites (tertiary alicyclic amines) is 1. The molecule has 0 radical (unpaired) electrons. The smallest absolute Gasteiger partial charge is 0.433 e. The fourth-order valence-electron chi connectivity index (χ4n) is 2.79. The van der Waals surface area contributed by atoms with Crippen LogP contribution < -0.4 is 5.32 Å². The van der Waals surface area contributed by atoms with E-state index in [9.17, 15) is 31.5 Å². The number of amides is 2. The van der Waals surface area contributed by atoms with Gasteiger partial charge in [0.1, 0.15) is 29.8 Å². The van der Waals surface area contributed by atoms with Crippen molar-refractivity contribution in [2.75, 3.05) is 18.5 Å². The molecule has 0 unspecified atom stereocenters. The highest BCUT2D eigenvalue weighted by molar-refractivity contribution is 5.97. The Morgan fingerprint density at radius 3 is 2.45 bits per heavy atom. The van der Waals surface area contributed by atoms with E-state index in [0.29, 0.717) is 0 Å². The highest BCUT2D eigenvalue weighted by Gasteiger charge is 2.51. The van der Waals surface area contributed by atoms with E-state index >= 15 is 0 Å². The molecule has 1 aliphatic rings. The lowest BCUT2D eigenvalue weighted by molar-refractivity contribution is -0.141. The van der Waals surface area contributed by atoms with Crippen LogP contribution in [0.25, 0.3) is 0 Å². The molecule has 2 atom stereocenters. The summed E-state index contributed by atoms with van der Waals surface area (Å²) in [6.45, 7) is 3.95. The van der Waals surface area contributed by atoms with Crippen LogP contribution in [0, 0.1) is 6.92 Å². The van der Waals surface area contributed by atoms with E-state index in [0.717, 1.165) is 17.0 Å². The van der Waals surface area contributed by atoms with E-state index in [-0.39, 0.29) is 11.4 Å². The van der Waals surface area contributed by atoms with Gasteiger partial charge in [-0.1, -0.05) is 6.07 Å². The van der Waals surface area contributed by atoms with Gasteiger partial charge in [-0.25, -0.2) is 18.6 Å². The second-order valence-electron chi connectivity index (χ2n) is 7.96. The zero-order valence-electron chi connectivity index (χ0n) is 16.4. The predicted octanol–water partition coefficient (Wildman–Crippen LogP) is 4.03. The average Bonchev–Trinajstić information content (AvgIpc) is 2.93. The molecule has 1 fully saturated rings. The number of hydrogen-bond donors (Lipinski definition) is 1. The summed E-state index contributed by atoms with van der Waals surface area (Å²) in [5, 5.41) is 2.19. The maximum Gasteiger partial charge on any atom is 0.433 e. The highest BCUT2D eigenvalue weighted by Crippen LogP contribution is 2.34. The standard InChI is InChI=1S/C18H22F5N3O3/c1-10-5-6-12(18(21,22)23)24-13(10)25-14(27)11-7-17(20,8-19)9-26(11)15(28)29-16(2,3)4/h5-6,11H,7-9H2,1-4H3,(H,24,25,27)/t11-,17-/m0/s1. The minimum atomic E-state index is -4.73. The van der Waals surface area contributed by atoms with Crippen LogP contribution >= 0.6 is 0 Å². The third kappa shape index (κ3) is 5.54. The van der Waals surface area contributed by atoms with Crippen LogP contribution in [0.1, 0.15) is 38.4 Å². The number of anilines is 1. The Labute approximate surface area is 164 Å². The van der Waals surface area contributed by atoms with Gasteiger partial charge in [0.2, 0.25) is 5.91 Å². The van der Waals surface area contributed by atoms with Crippen molar-refractivity contribution >= 4 is 17.8 Å². The van der Waals surface area contributed by atoms with Crippen LogP contribution in [0.4, 0.5) is 32.6 Å². The number of hydrogen-bond acceptors (Lipinski definition) is 4. The van der Waals surface area contributed by atoms with Gasteiger partial charge < -0.3 is 10.1 Å². The van der Waals surface area contributed by atoms with E-state index in [1.54, 1.807) is 20.8 Å². The molecule has 0 bridgehead atoms. The maximum atomic E-state index is 14.6. The molecule has 11 heteroatoms. The molecule has 1 aromatic heterocycles. The monoisotopic (exact) mass is 423 g/mol. The summed E-state index contributed by atoms with van der Waals surface area (Å²) >= 11 is 0. The number of nitrogens with one attached hydrogen (secondary N) is 1. The lowest BCUT2D eigenvalue weighted by Gasteiger charge is -2.28. The fourth-order valence-corrected chi connectivity index (χ4v) is 2.79. The van der Waals surface area contributed by atoms with Crippen LogP contribution in [-0.4, -0.2) is 52.4 Å². The summed E-state index contributed by atoms with van der Waals surface area (Å²) in [6, 6.07) is 0.400. The van der Waals surface area contributed by atoms with Gasteiger partial charge in [0, 0.05) is 6.42 Å². The summed E-state index contributed by atoms with van der Waals surface area (Å²) in [6.07, 6.45) is -6.42. The SMILES string of the molecule is Cc1ccc(C(F)(F)F)nc1NC(=O)[C@@H]1C[C@](F)(CF)CN1C(=O)OC(C)(C)C. The van der Waals surface area contributed by atoms with Crippen molar-refractivity contribution in [3.05, 3.63) is 23.4 Å². The molecule has 0 saturated carbocycles. The molecule has 0 spiro atoms. The lowest BCUT2D eigenvalue weighted by Crippen LogP contribution is -2.45. The van der Waals surface area contributed by atoms with Crippen molar-refractivity contribution in [2.45, 2.75) is 57.6 Å². The van der Waals surface area contributed by atoms with E-state index in [1.165, 1.54) is 6.92 Å². The molecule has 1 aromatic rings. The van der Waals surface area contributed by atoms with Crippen LogP contribution in [0.3, 0.4) is 0 Å². The number of ether oxygens (including phenoxy) is 1. The first-order valence-electron chi connectivity index (χ1n) is 8.75. The van der Waals surface area contributed by atoms with Gasteiger partial charge in [0.25, 0.3) is 0 Å². The van der Waals surface area contributed by atoms with E-state index in [2.05, 4.69) is 10.3 Å². The zero-order valence-corrected chi connectivity index (χ0v) is 16.4. The first-order valence-corrected chi connectivity index (χ1v) is 8.75. The van der Waals surface area contributed by atoms with Gasteiger partial charge >= 0.3 is 12.3 Å². The Bertz CT molecular complexity index is 794. The largest absolute Gasteiger partial charge is 0.444 e. The number of carbonyl (C=O) groups excluding carboxylic acids is 2. The Hall–Kier alpha value is -2.46. The molecule has 0 aliphatic carbocycles. The van der Waals surface area contributed by atoms with Crippen LogP contribution in [0.15, 0.2) is 12.1 Å². The fraction of sp³-hybridized carbons (Fsp3) is 0.611. The topological polar surface area (TPSA) is 71.5 Å². The van der Waals surface area contributed by atoms with Crippen LogP contribution in [-0.2, 0) is 15.7 Å². The number of alkyl halides is 5. The molecular formula is C18H22F5N3O3. The first-order chi connectivity index (χ1) is 13.1. The molecular weight excluding hydrogens is 401 g/mol. The summed E-state index contributed by atoms with van der Waals surface area (Å²) in [5.74, 6) is -1.37. The Morgan fingerprint density at radius 1 is 1.31 bits per heavy atom. The molecule has 29 heavy (non-hydrogen) atoms. The summed E-state index contributed by atoms with van der Waals surface area (Å²) in [7, 11) is 0. The lowest BCUT2D eigenvalue weighted by atomic mass is 10.0. The van der Waals surface area contributed by atoms with Gasteiger partial charge in [0.15, 0.2) is 5.67 Å². The summed E-state index contributed by atoms with van der Waals surface area (Å²) in [5.41, 5.74) is -4.41. The van der Waals surface area contributed by atoms with Crippen LogP contribution in [0.5, 0.6) is 0 Å². The van der Waals surface area contributed by atoms with Gasteiger partial charge in [0.05, 0.1) is 6.54 Å². The van der Waals surface area contributed by atoms with Crippen molar-refractivity contribution in [3.63, 3.8) is 0 Å². The molecule has 2 rings (SSSR count). The number of aryl methyl sites for hydroxylation is 1. The number of rotatable bonds is 3. The van der Waals surface area contributed by atoms with Gasteiger partial charge in [-0.15, -0.1) is 0 Å². The number of carbonyl (C=O) groups is 2. The number of halogens is 5. The minimum Gasteiger partial charge on any atom is -0.444 e. The van der Waals surface area contributed by atoms with Gasteiger partial charge in [-0.3, -0.25) is 9.69 Å². The molecule has 2 amide bonds. The second-order valence-corrected chi connectivity index (χ2v) is 7.96. The van der Waals surface area contributed by atoms with Crippen molar-refractivity contribution in [3.8, 4) is 0 Å². The molecule has 0 aromatic carbocycles. The van der Waals surface area contributed by atoms with Crippen molar-refractivity contribution in [1.29, 1.82) is 0 Å². The third-order valence-electron chi connectivity index (χ3n) is 4.19. The van der Waals surface area contributed by atoms with Crippen molar-refractivity contribution in [1.82, 2.24) is 9.88 Å². The second kappa shape index (κ2) is 7.75.